The first kappa shape index (κ1) is 24.1. The molecule has 3 amide bonds. The van der Waals surface area contributed by atoms with Crippen molar-refractivity contribution in [2.75, 3.05) is 6.54 Å². The van der Waals surface area contributed by atoms with Crippen molar-refractivity contribution in [2.45, 2.75) is 56.7 Å². The number of halogens is 1. The number of aryl methyl sites for hydroxylation is 3. The van der Waals surface area contributed by atoms with E-state index in [0.717, 1.165) is 52.0 Å². The molecule has 3 heterocycles. The van der Waals surface area contributed by atoms with E-state index in [2.05, 4.69) is 5.10 Å². The van der Waals surface area contributed by atoms with Crippen LogP contribution in [0.15, 0.2) is 48.8 Å². The molecule has 1 spiro atoms. The first-order valence-electron chi connectivity index (χ1n) is 13.6. The Morgan fingerprint density at radius 1 is 1.05 bits per heavy atom. The van der Waals surface area contributed by atoms with Gasteiger partial charge in [0, 0.05) is 43.4 Å². The van der Waals surface area contributed by atoms with E-state index >= 15 is 0 Å². The van der Waals surface area contributed by atoms with E-state index in [4.69, 9.17) is 4.74 Å². The van der Waals surface area contributed by atoms with E-state index < -0.39 is 17.6 Å². The third-order valence-corrected chi connectivity index (χ3v) is 8.80. The molecule has 39 heavy (non-hydrogen) atoms. The van der Waals surface area contributed by atoms with Gasteiger partial charge in [-0.25, -0.2) is 14.1 Å². The minimum Gasteiger partial charge on any atom is -0.427 e. The van der Waals surface area contributed by atoms with Gasteiger partial charge in [0.25, 0.3) is 5.91 Å². The lowest BCUT2D eigenvalue weighted by molar-refractivity contribution is -0.143. The molecule has 1 saturated heterocycles. The van der Waals surface area contributed by atoms with Crippen LogP contribution in [0, 0.1) is 11.7 Å². The smallest absolute Gasteiger partial charge is 0.418 e. The van der Waals surface area contributed by atoms with Gasteiger partial charge < -0.3 is 9.64 Å². The molecule has 200 valence electrons. The van der Waals surface area contributed by atoms with Gasteiger partial charge in [-0.2, -0.15) is 5.10 Å². The predicted octanol–water partition coefficient (Wildman–Crippen LogP) is 4.10. The van der Waals surface area contributed by atoms with Crippen molar-refractivity contribution in [3.63, 3.8) is 0 Å². The SMILES string of the molecule is Cn1cc(-c2ccc3c(c2)CCC32OC(=O)N(CC(=O)N3Cc4ccc(F)cc4CCC3C3CC3)C2=O)cn1. The second-order valence-corrected chi connectivity index (χ2v) is 11.2. The molecule has 0 radical (unpaired) electrons. The maximum absolute atomic E-state index is 13.9. The zero-order valence-electron chi connectivity index (χ0n) is 21.7. The molecule has 2 aliphatic heterocycles. The fourth-order valence-corrected chi connectivity index (χ4v) is 6.61. The van der Waals surface area contributed by atoms with Gasteiger partial charge in [-0.1, -0.05) is 24.3 Å². The van der Waals surface area contributed by atoms with Crippen molar-refractivity contribution >= 4 is 17.9 Å². The van der Waals surface area contributed by atoms with Crippen molar-refractivity contribution in [1.29, 1.82) is 0 Å². The van der Waals surface area contributed by atoms with Gasteiger partial charge in [0.2, 0.25) is 11.5 Å². The Kier molecular flexibility index (Phi) is 5.40. The lowest BCUT2D eigenvalue weighted by Gasteiger charge is -2.31. The lowest BCUT2D eigenvalue weighted by Crippen LogP contribution is -2.48. The first-order valence-corrected chi connectivity index (χ1v) is 13.6. The Morgan fingerprint density at radius 3 is 2.67 bits per heavy atom. The number of carbonyl (C=O) groups is 3. The fourth-order valence-electron chi connectivity index (χ4n) is 6.61. The average Bonchev–Trinajstić information content (AvgIpc) is 3.55. The molecule has 1 saturated carbocycles. The largest absolute Gasteiger partial charge is 0.427 e. The van der Waals surface area contributed by atoms with Crippen molar-refractivity contribution < 1.29 is 23.5 Å². The molecule has 2 atom stereocenters. The molecule has 2 aliphatic carbocycles. The summed E-state index contributed by atoms with van der Waals surface area (Å²) in [6.07, 6.45) is 7.40. The minimum atomic E-state index is -1.39. The Labute approximate surface area is 225 Å². The molecular formula is C30H29FN4O4. The van der Waals surface area contributed by atoms with Gasteiger partial charge in [0.15, 0.2) is 0 Å². The predicted molar refractivity (Wildman–Crippen MR) is 139 cm³/mol. The van der Waals surface area contributed by atoms with Gasteiger partial charge in [-0.3, -0.25) is 14.3 Å². The molecule has 8 nitrogen and oxygen atoms in total. The van der Waals surface area contributed by atoms with Crippen molar-refractivity contribution in [2.24, 2.45) is 13.0 Å². The van der Waals surface area contributed by atoms with E-state index in [1.54, 1.807) is 27.9 Å². The summed E-state index contributed by atoms with van der Waals surface area (Å²) in [5.41, 5.74) is 4.03. The Balaban J connectivity index is 1.14. The molecular weight excluding hydrogens is 499 g/mol. The molecule has 3 aromatic rings. The highest BCUT2D eigenvalue weighted by molar-refractivity contribution is 6.06. The Morgan fingerprint density at radius 2 is 1.90 bits per heavy atom. The number of imide groups is 1. The zero-order valence-corrected chi connectivity index (χ0v) is 21.7. The summed E-state index contributed by atoms with van der Waals surface area (Å²) in [6.45, 7) is -0.0138. The molecule has 4 aliphatic rings. The van der Waals surface area contributed by atoms with Gasteiger partial charge in [0.05, 0.1) is 6.20 Å². The van der Waals surface area contributed by atoms with Crippen LogP contribution < -0.4 is 0 Å². The second kappa shape index (κ2) is 8.76. The monoisotopic (exact) mass is 528 g/mol. The lowest BCUT2D eigenvalue weighted by atomic mass is 9.93. The Hall–Kier alpha value is -4.01. The van der Waals surface area contributed by atoms with E-state index in [1.165, 1.54) is 6.07 Å². The summed E-state index contributed by atoms with van der Waals surface area (Å²) >= 11 is 0. The molecule has 9 heteroatoms. The Bertz CT molecular complexity index is 1530. The molecule has 0 N–H and O–H groups in total. The molecule has 2 unspecified atom stereocenters. The van der Waals surface area contributed by atoms with Crippen LogP contribution in [0.1, 0.15) is 47.9 Å². The van der Waals surface area contributed by atoms with Crippen LogP contribution >= 0.6 is 0 Å². The molecule has 7 rings (SSSR count). The normalized spacial score (nSPS) is 24.1. The van der Waals surface area contributed by atoms with E-state index in [9.17, 15) is 18.8 Å². The van der Waals surface area contributed by atoms with Crippen LogP contribution in [-0.4, -0.2) is 50.1 Å². The van der Waals surface area contributed by atoms with Crippen molar-refractivity contribution in [3.05, 3.63) is 76.9 Å². The van der Waals surface area contributed by atoms with Crippen LogP contribution in [0.25, 0.3) is 11.1 Å². The van der Waals surface area contributed by atoms with Crippen LogP contribution in [0.3, 0.4) is 0 Å². The van der Waals surface area contributed by atoms with E-state index in [-0.39, 0.29) is 24.3 Å². The van der Waals surface area contributed by atoms with Gasteiger partial charge in [-0.05, 0) is 72.4 Å². The maximum Gasteiger partial charge on any atom is 0.418 e. The average molecular weight is 529 g/mol. The highest BCUT2D eigenvalue weighted by Crippen LogP contribution is 2.46. The topological polar surface area (TPSA) is 84.7 Å². The number of benzene rings is 2. The second-order valence-electron chi connectivity index (χ2n) is 11.2. The standard InChI is InChI=1S/C30H29FN4O4/c1-33-15-23(14-32-33)19-5-8-25-21(12-19)10-11-30(25)28(37)35(29(38)39-30)17-27(36)34-16-22-4-7-24(31)13-20(22)6-9-26(34)18-2-3-18/h4-5,7-8,12-15,18,26H,2-3,6,9-11,16-17H2,1H3. The number of hydrogen-bond donors (Lipinski definition) is 0. The highest BCUT2D eigenvalue weighted by Gasteiger charge is 2.58. The van der Waals surface area contributed by atoms with Crippen LogP contribution in [0.4, 0.5) is 9.18 Å². The van der Waals surface area contributed by atoms with Crippen LogP contribution in [0.5, 0.6) is 0 Å². The minimum absolute atomic E-state index is 0.00810. The number of ether oxygens (including phenoxy) is 1. The number of aromatic nitrogens is 2. The third kappa shape index (κ3) is 3.94. The summed E-state index contributed by atoms with van der Waals surface area (Å²) in [6, 6.07) is 10.5. The number of amides is 3. The highest BCUT2D eigenvalue weighted by atomic mass is 19.1. The number of fused-ring (bicyclic) bond motifs is 3. The number of rotatable bonds is 4. The molecule has 2 fully saturated rings. The van der Waals surface area contributed by atoms with Crippen molar-refractivity contribution in [1.82, 2.24) is 19.6 Å². The summed E-state index contributed by atoms with van der Waals surface area (Å²) in [5, 5.41) is 4.23. The quantitative estimate of drug-likeness (QED) is 0.509. The summed E-state index contributed by atoms with van der Waals surface area (Å²) in [4.78, 5) is 43.3. The van der Waals surface area contributed by atoms with Crippen LogP contribution in [-0.2, 0) is 46.4 Å². The molecule has 0 bridgehead atoms. The van der Waals surface area contributed by atoms with E-state index in [1.807, 2.05) is 31.4 Å². The summed E-state index contributed by atoms with van der Waals surface area (Å²) in [7, 11) is 1.86. The zero-order chi connectivity index (χ0) is 26.9. The first-order chi connectivity index (χ1) is 18.8. The number of nitrogens with zero attached hydrogens (tertiary/aromatic N) is 4. The molecule has 2 aromatic carbocycles. The van der Waals surface area contributed by atoms with Crippen LogP contribution in [0.2, 0.25) is 0 Å². The summed E-state index contributed by atoms with van der Waals surface area (Å²) in [5.74, 6) is -0.640. The van der Waals surface area contributed by atoms with Gasteiger partial charge in [-0.15, -0.1) is 0 Å². The number of carbonyl (C=O) groups excluding carboxylic acids is 3. The van der Waals surface area contributed by atoms with Gasteiger partial charge >= 0.3 is 6.09 Å². The summed E-state index contributed by atoms with van der Waals surface area (Å²) < 4.78 is 21.4. The van der Waals surface area contributed by atoms with Crippen molar-refractivity contribution in [3.8, 4) is 11.1 Å². The molecule has 1 aromatic heterocycles. The third-order valence-electron chi connectivity index (χ3n) is 8.80. The fraction of sp³-hybridized carbons (Fsp3) is 0.400. The van der Waals surface area contributed by atoms with E-state index in [0.29, 0.717) is 37.3 Å². The maximum atomic E-state index is 13.9. The number of hydrogen-bond acceptors (Lipinski definition) is 5. The van der Waals surface area contributed by atoms with Gasteiger partial charge in [0.1, 0.15) is 12.4 Å².